The first-order valence-corrected chi connectivity index (χ1v) is 7.12. The van der Waals surface area contributed by atoms with Crippen molar-refractivity contribution < 1.29 is 9.13 Å². The third kappa shape index (κ3) is 3.66. The molecular formula is C13H17FOSe. The topological polar surface area (TPSA) is 9.23 Å². The van der Waals surface area contributed by atoms with E-state index in [-0.39, 0.29) is 20.8 Å². The van der Waals surface area contributed by atoms with Crippen molar-refractivity contribution in [2.45, 2.75) is 26.7 Å². The first-order valence-electron chi connectivity index (χ1n) is 5.40. The number of benzene rings is 1. The van der Waals surface area contributed by atoms with E-state index in [2.05, 4.69) is 0 Å². The molecule has 0 atom stereocenters. The van der Waals surface area contributed by atoms with Crippen molar-refractivity contribution in [1.29, 1.82) is 0 Å². The van der Waals surface area contributed by atoms with Gasteiger partial charge in [-0.1, -0.05) is 0 Å². The molecule has 0 aromatic heterocycles. The minimum atomic E-state index is 0.0540. The maximum absolute atomic E-state index is 13.5. The fourth-order valence-electron chi connectivity index (χ4n) is 1.30. The van der Waals surface area contributed by atoms with Gasteiger partial charge < -0.3 is 0 Å². The van der Waals surface area contributed by atoms with Gasteiger partial charge in [-0.3, -0.25) is 0 Å². The van der Waals surface area contributed by atoms with E-state index in [1.54, 1.807) is 7.11 Å². The van der Waals surface area contributed by atoms with E-state index in [1.165, 1.54) is 4.46 Å². The molecule has 0 saturated heterocycles. The Morgan fingerprint density at radius 2 is 1.81 bits per heavy atom. The monoisotopic (exact) mass is 288 g/mol. The standard InChI is InChI=1S/C13H17FOSe/c1-4-12(14)13(5-2)16-11-8-6-10(15-3)7-9-11/h6-9H,4-5H2,1-3H3/b13-12+. The zero-order valence-electron chi connectivity index (χ0n) is 9.92. The van der Waals surface area contributed by atoms with Crippen LogP contribution in [-0.2, 0) is 0 Å². The molecule has 16 heavy (non-hydrogen) atoms. The molecule has 1 aromatic carbocycles. The quantitative estimate of drug-likeness (QED) is 0.756. The SMILES string of the molecule is CC/C(F)=C(/CC)[Se]c1ccc(OC)cc1. The van der Waals surface area contributed by atoms with Gasteiger partial charge in [0.15, 0.2) is 0 Å². The van der Waals surface area contributed by atoms with Gasteiger partial charge in [0, 0.05) is 0 Å². The van der Waals surface area contributed by atoms with Crippen LogP contribution in [0.2, 0.25) is 0 Å². The van der Waals surface area contributed by atoms with Gasteiger partial charge in [0.05, 0.1) is 0 Å². The summed E-state index contributed by atoms with van der Waals surface area (Å²) in [6, 6.07) is 7.87. The van der Waals surface area contributed by atoms with E-state index < -0.39 is 0 Å². The Labute approximate surface area is 103 Å². The molecule has 0 spiro atoms. The van der Waals surface area contributed by atoms with Crippen LogP contribution >= 0.6 is 0 Å². The predicted molar refractivity (Wildman–Crippen MR) is 67.1 cm³/mol. The van der Waals surface area contributed by atoms with Crippen LogP contribution in [0.25, 0.3) is 0 Å². The summed E-state index contributed by atoms with van der Waals surface area (Å²) in [5, 5.41) is 0. The number of hydrogen-bond donors (Lipinski definition) is 0. The van der Waals surface area contributed by atoms with E-state index in [9.17, 15) is 4.39 Å². The van der Waals surface area contributed by atoms with Crippen molar-refractivity contribution in [2.75, 3.05) is 7.11 Å². The second kappa shape index (κ2) is 6.72. The van der Waals surface area contributed by atoms with Crippen LogP contribution in [0.1, 0.15) is 26.7 Å². The summed E-state index contributed by atoms with van der Waals surface area (Å²) in [6.45, 7) is 3.87. The van der Waals surface area contributed by atoms with E-state index in [0.717, 1.165) is 16.6 Å². The Morgan fingerprint density at radius 3 is 2.25 bits per heavy atom. The first kappa shape index (κ1) is 13.3. The molecule has 0 heterocycles. The van der Waals surface area contributed by atoms with Crippen LogP contribution in [-0.4, -0.2) is 22.1 Å². The summed E-state index contributed by atoms with van der Waals surface area (Å²) < 4.78 is 20.7. The third-order valence-corrected chi connectivity index (χ3v) is 4.89. The van der Waals surface area contributed by atoms with E-state index in [1.807, 2.05) is 38.1 Å². The van der Waals surface area contributed by atoms with Crippen molar-refractivity contribution in [1.82, 2.24) is 0 Å². The fraction of sp³-hybridized carbons (Fsp3) is 0.385. The molecule has 0 radical (unpaired) electrons. The molecule has 0 amide bonds. The summed E-state index contributed by atoms with van der Waals surface area (Å²) in [5.74, 6) is 0.899. The fourth-order valence-corrected chi connectivity index (χ4v) is 3.31. The van der Waals surface area contributed by atoms with Crippen molar-refractivity contribution in [3.8, 4) is 5.75 Å². The van der Waals surface area contributed by atoms with Crippen LogP contribution in [0.4, 0.5) is 4.39 Å². The Morgan fingerprint density at radius 1 is 1.19 bits per heavy atom. The second-order valence-electron chi connectivity index (χ2n) is 3.31. The van der Waals surface area contributed by atoms with Gasteiger partial charge in [-0.15, -0.1) is 0 Å². The summed E-state index contributed by atoms with van der Waals surface area (Å²) in [6.07, 6.45) is 1.30. The van der Waals surface area contributed by atoms with E-state index in [0.29, 0.717) is 6.42 Å². The molecule has 0 N–H and O–H groups in total. The van der Waals surface area contributed by atoms with E-state index >= 15 is 0 Å². The molecule has 0 bridgehead atoms. The molecule has 3 heteroatoms. The second-order valence-corrected chi connectivity index (χ2v) is 5.76. The van der Waals surface area contributed by atoms with Gasteiger partial charge in [-0.2, -0.15) is 0 Å². The zero-order valence-corrected chi connectivity index (χ0v) is 11.6. The summed E-state index contributed by atoms with van der Waals surface area (Å²) in [5.41, 5.74) is 0. The maximum atomic E-state index is 13.5. The number of ether oxygens (including phenoxy) is 1. The average Bonchev–Trinajstić information content (AvgIpc) is 2.35. The molecule has 1 aromatic rings. The summed E-state index contributed by atoms with van der Waals surface area (Å²) >= 11 is 0.0983. The van der Waals surface area contributed by atoms with Gasteiger partial charge in [0.25, 0.3) is 0 Å². The van der Waals surface area contributed by atoms with Crippen LogP contribution in [0.3, 0.4) is 0 Å². The summed E-state index contributed by atoms with van der Waals surface area (Å²) in [4.78, 5) is 0. The van der Waals surface area contributed by atoms with Crippen LogP contribution in [0.5, 0.6) is 5.75 Å². The van der Waals surface area contributed by atoms with Gasteiger partial charge in [-0.05, 0) is 0 Å². The first-order chi connectivity index (χ1) is 7.71. The number of methoxy groups -OCH3 is 1. The Kier molecular flexibility index (Phi) is 5.57. The third-order valence-electron chi connectivity index (χ3n) is 2.23. The normalized spacial score (nSPS) is 12.2. The number of halogens is 1. The van der Waals surface area contributed by atoms with Crippen molar-refractivity contribution in [2.24, 2.45) is 0 Å². The number of allylic oxidation sites excluding steroid dienone is 2. The summed E-state index contributed by atoms with van der Waals surface area (Å²) in [7, 11) is 1.65. The predicted octanol–water partition coefficient (Wildman–Crippen LogP) is 3.03. The average molecular weight is 287 g/mol. The van der Waals surface area contributed by atoms with Crippen LogP contribution in [0, 0.1) is 0 Å². The van der Waals surface area contributed by atoms with Gasteiger partial charge in [-0.25, -0.2) is 0 Å². The number of hydrogen-bond acceptors (Lipinski definition) is 1. The zero-order chi connectivity index (χ0) is 12.0. The molecule has 0 fully saturated rings. The van der Waals surface area contributed by atoms with Crippen LogP contribution in [0.15, 0.2) is 34.6 Å². The molecule has 1 rings (SSSR count). The molecule has 1 nitrogen and oxygen atoms in total. The molecule has 0 unspecified atom stereocenters. The molecule has 88 valence electrons. The molecule has 0 saturated carbocycles. The van der Waals surface area contributed by atoms with Crippen LogP contribution < -0.4 is 9.20 Å². The molecule has 0 aliphatic heterocycles. The number of rotatable bonds is 5. The Bertz CT molecular complexity index is 357. The molecular weight excluding hydrogens is 270 g/mol. The van der Waals surface area contributed by atoms with Crippen molar-refractivity contribution in [3.63, 3.8) is 0 Å². The van der Waals surface area contributed by atoms with Gasteiger partial charge in [0.1, 0.15) is 0 Å². The minimum absolute atomic E-state index is 0.0540. The van der Waals surface area contributed by atoms with Crippen molar-refractivity contribution >= 4 is 19.4 Å². The molecule has 0 aliphatic rings. The van der Waals surface area contributed by atoms with Gasteiger partial charge >= 0.3 is 103 Å². The van der Waals surface area contributed by atoms with Crippen molar-refractivity contribution in [3.05, 3.63) is 34.6 Å². The molecule has 0 aliphatic carbocycles. The van der Waals surface area contributed by atoms with E-state index in [4.69, 9.17) is 4.74 Å². The van der Waals surface area contributed by atoms with Gasteiger partial charge in [0.2, 0.25) is 0 Å². The Hall–Kier alpha value is -0.791. The Balaban J connectivity index is 2.79.